The Bertz CT molecular complexity index is 398. The van der Waals surface area contributed by atoms with E-state index in [9.17, 15) is 9.90 Å². The summed E-state index contributed by atoms with van der Waals surface area (Å²) in [4.78, 5) is 13.9. The van der Waals surface area contributed by atoms with Crippen molar-refractivity contribution in [2.24, 2.45) is 5.92 Å². The molecule has 18 heavy (non-hydrogen) atoms. The third kappa shape index (κ3) is 4.10. The first kappa shape index (κ1) is 15.2. The lowest BCUT2D eigenvalue weighted by atomic mass is 10.1. The number of carbonyl (C=O) groups excluding carboxylic acids is 1. The van der Waals surface area contributed by atoms with E-state index in [0.717, 1.165) is 17.7 Å². The van der Waals surface area contributed by atoms with E-state index in [1.807, 2.05) is 19.9 Å². The van der Waals surface area contributed by atoms with Crippen molar-refractivity contribution < 1.29 is 9.90 Å². The third-order valence-corrected chi connectivity index (χ3v) is 4.10. The van der Waals surface area contributed by atoms with E-state index in [-0.39, 0.29) is 11.8 Å². The molecule has 1 aromatic rings. The minimum Gasteiger partial charge on any atom is -0.391 e. The minimum atomic E-state index is -0.481. The predicted octanol–water partition coefficient (Wildman–Crippen LogP) is 2.76. The van der Waals surface area contributed by atoms with Gasteiger partial charge in [-0.05, 0) is 30.9 Å². The van der Waals surface area contributed by atoms with E-state index in [2.05, 4.69) is 19.2 Å². The van der Waals surface area contributed by atoms with Gasteiger partial charge in [0.2, 0.25) is 0 Å². The highest BCUT2D eigenvalue weighted by Crippen LogP contribution is 2.22. The van der Waals surface area contributed by atoms with Crippen molar-refractivity contribution in [3.8, 4) is 0 Å². The third-order valence-electron chi connectivity index (χ3n) is 3.01. The number of aliphatic hydroxyl groups excluding tert-OH is 1. The number of aryl methyl sites for hydroxylation is 2. The number of rotatable bonds is 6. The van der Waals surface area contributed by atoms with E-state index in [0.29, 0.717) is 6.54 Å². The molecule has 1 rings (SSSR count). The maximum absolute atomic E-state index is 11.9. The molecule has 0 aliphatic heterocycles. The Morgan fingerprint density at radius 3 is 2.72 bits per heavy atom. The summed E-state index contributed by atoms with van der Waals surface area (Å²) in [5.74, 6) is 0.0798. The summed E-state index contributed by atoms with van der Waals surface area (Å²) in [5, 5.41) is 12.4. The summed E-state index contributed by atoms with van der Waals surface area (Å²) in [6.07, 6.45) is 1.62. The summed E-state index contributed by atoms with van der Waals surface area (Å²) in [5.41, 5.74) is 1.26. The van der Waals surface area contributed by atoms with Crippen LogP contribution in [0.4, 0.5) is 0 Å². The number of aliphatic hydroxyl groups is 1. The standard InChI is InChI=1S/C14H23NO2S/c1-5-6-11-7-13(18-10(11)4)14(17)15-8-12(16)9(2)3/h7,9,12,16H,5-6,8H2,1-4H3,(H,15,17). The fraction of sp³-hybridized carbons (Fsp3) is 0.643. The molecule has 0 bridgehead atoms. The first-order valence-corrected chi connectivity index (χ1v) is 7.32. The summed E-state index contributed by atoms with van der Waals surface area (Å²) >= 11 is 1.53. The Kier molecular flexibility index (Phi) is 5.82. The maximum atomic E-state index is 11.9. The summed E-state index contributed by atoms with van der Waals surface area (Å²) in [6.45, 7) is 8.37. The molecule has 0 saturated heterocycles. The van der Waals surface area contributed by atoms with E-state index in [4.69, 9.17) is 0 Å². The molecule has 1 atom stereocenters. The van der Waals surface area contributed by atoms with Gasteiger partial charge in [-0.15, -0.1) is 11.3 Å². The van der Waals surface area contributed by atoms with Crippen LogP contribution in [0.2, 0.25) is 0 Å². The fourth-order valence-electron chi connectivity index (χ4n) is 1.67. The smallest absolute Gasteiger partial charge is 0.261 e. The van der Waals surface area contributed by atoms with Crippen LogP contribution >= 0.6 is 11.3 Å². The van der Waals surface area contributed by atoms with Gasteiger partial charge in [-0.3, -0.25) is 4.79 Å². The molecule has 102 valence electrons. The second-order valence-electron chi connectivity index (χ2n) is 4.96. The molecule has 4 heteroatoms. The largest absolute Gasteiger partial charge is 0.391 e. The van der Waals surface area contributed by atoms with Gasteiger partial charge in [-0.1, -0.05) is 27.2 Å². The normalized spacial score (nSPS) is 12.8. The molecule has 1 aromatic heterocycles. The van der Waals surface area contributed by atoms with Crippen LogP contribution in [0.15, 0.2) is 6.07 Å². The summed E-state index contributed by atoms with van der Waals surface area (Å²) < 4.78 is 0. The Labute approximate surface area is 113 Å². The van der Waals surface area contributed by atoms with Crippen molar-refractivity contribution >= 4 is 17.2 Å². The van der Waals surface area contributed by atoms with Gasteiger partial charge >= 0.3 is 0 Å². The van der Waals surface area contributed by atoms with Crippen LogP contribution in [-0.2, 0) is 6.42 Å². The topological polar surface area (TPSA) is 49.3 Å². The molecule has 0 aliphatic rings. The van der Waals surface area contributed by atoms with Crippen LogP contribution in [0, 0.1) is 12.8 Å². The summed E-state index contributed by atoms with van der Waals surface area (Å²) in [6, 6.07) is 1.97. The van der Waals surface area contributed by atoms with Gasteiger partial charge in [-0.2, -0.15) is 0 Å². The van der Waals surface area contributed by atoms with Crippen molar-refractivity contribution in [1.29, 1.82) is 0 Å². The van der Waals surface area contributed by atoms with Crippen LogP contribution < -0.4 is 5.32 Å². The minimum absolute atomic E-state index is 0.0786. The molecular formula is C14H23NO2S. The molecule has 0 fully saturated rings. The molecule has 1 unspecified atom stereocenters. The van der Waals surface area contributed by atoms with Gasteiger partial charge in [0.25, 0.3) is 5.91 Å². The highest BCUT2D eigenvalue weighted by atomic mass is 32.1. The summed E-state index contributed by atoms with van der Waals surface area (Å²) in [7, 11) is 0. The quantitative estimate of drug-likeness (QED) is 0.834. The van der Waals surface area contributed by atoms with Crippen molar-refractivity contribution in [2.45, 2.75) is 46.6 Å². The molecule has 0 aromatic carbocycles. The number of carbonyl (C=O) groups is 1. The molecule has 0 radical (unpaired) electrons. The van der Waals surface area contributed by atoms with Gasteiger partial charge in [-0.25, -0.2) is 0 Å². The first-order valence-electron chi connectivity index (χ1n) is 6.51. The first-order chi connectivity index (χ1) is 8.45. The number of amides is 1. The molecule has 0 saturated carbocycles. The van der Waals surface area contributed by atoms with E-state index >= 15 is 0 Å². The SMILES string of the molecule is CCCc1cc(C(=O)NCC(O)C(C)C)sc1C. The molecular weight excluding hydrogens is 246 g/mol. The van der Waals surface area contributed by atoms with Gasteiger partial charge < -0.3 is 10.4 Å². The maximum Gasteiger partial charge on any atom is 0.261 e. The van der Waals surface area contributed by atoms with Crippen LogP contribution in [0.3, 0.4) is 0 Å². The molecule has 0 spiro atoms. The number of nitrogens with one attached hydrogen (secondary N) is 1. The second kappa shape index (κ2) is 6.90. The monoisotopic (exact) mass is 269 g/mol. The zero-order valence-electron chi connectivity index (χ0n) is 11.6. The van der Waals surface area contributed by atoms with Crippen molar-refractivity contribution in [3.63, 3.8) is 0 Å². The van der Waals surface area contributed by atoms with Gasteiger partial charge in [0.05, 0.1) is 11.0 Å². The van der Waals surface area contributed by atoms with Crippen molar-refractivity contribution in [1.82, 2.24) is 5.32 Å². The molecule has 1 amide bonds. The lowest BCUT2D eigenvalue weighted by Crippen LogP contribution is -2.34. The average molecular weight is 269 g/mol. The van der Waals surface area contributed by atoms with Gasteiger partial charge in [0, 0.05) is 11.4 Å². The highest BCUT2D eigenvalue weighted by Gasteiger charge is 2.14. The predicted molar refractivity (Wildman–Crippen MR) is 76.2 cm³/mol. The average Bonchev–Trinajstić information content (AvgIpc) is 2.68. The zero-order chi connectivity index (χ0) is 13.7. The lowest BCUT2D eigenvalue weighted by Gasteiger charge is -2.14. The Hall–Kier alpha value is -0.870. The van der Waals surface area contributed by atoms with Crippen molar-refractivity contribution in [3.05, 3.63) is 21.4 Å². The zero-order valence-corrected chi connectivity index (χ0v) is 12.4. The molecule has 1 heterocycles. The van der Waals surface area contributed by atoms with E-state index < -0.39 is 6.10 Å². The molecule has 2 N–H and O–H groups in total. The van der Waals surface area contributed by atoms with Crippen LogP contribution in [0.25, 0.3) is 0 Å². The lowest BCUT2D eigenvalue weighted by molar-refractivity contribution is 0.0875. The number of hydrogen-bond donors (Lipinski definition) is 2. The van der Waals surface area contributed by atoms with Crippen LogP contribution in [-0.4, -0.2) is 23.7 Å². The Balaban J connectivity index is 2.59. The fourth-order valence-corrected chi connectivity index (χ4v) is 2.66. The van der Waals surface area contributed by atoms with Gasteiger partial charge in [0.1, 0.15) is 0 Å². The number of hydrogen-bond acceptors (Lipinski definition) is 3. The van der Waals surface area contributed by atoms with Gasteiger partial charge in [0.15, 0.2) is 0 Å². The van der Waals surface area contributed by atoms with E-state index in [1.54, 1.807) is 0 Å². The van der Waals surface area contributed by atoms with Crippen LogP contribution in [0.5, 0.6) is 0 Å². The van der Waals surface area contributed by atoms with E-state index in [1.165, 1.54) is 21.8 Å². The highest BCUT2D eigenvalue weighted by molar-refractivity contribution is 7.14. The Morgan fingerprint density at radius 2 is 2.17 bits per heavy atom. The number of thiophene rings is 1. The second-order valence-corrected chi connectivity index (χ2v) is 6.22. The van der Waals surface area contributed by atoms with Crippen molar-refractivity contribution in [2.75, 3.05) is 6.54 Å². The molecule has 3 nitrogen and oxygen atoms in total. The molecule has 0 aliphatic carbocycles. The van der Waals surface area contributed by atoms with Crippen LogP contribution in [0.1, 0.15) is 47.3 Å². The Morgan fingerprint density at radius 1 is 1.50 bits per heavy atom.